The van der Waals surface area contributed by atoms with E-state index in [9.17, 15) is 13.2 Å². The van der Waals surface area contributed by atoms with Gasteiger partial charge in [-0.3, -0.25) is 0 Å². The number of amidine groups is 1. The SMILES string of the molecule is CC(C)CCNCC(C(N)=NO)C(F)(F)F. The fourth-order valence-corrected chi connectivity index (χ4v) is 1.09. The molecule has 0 bridgehead atoms. The zero-order valence-electron chi connectivity index (χ0n) is 9.38. The van der Waals surface area contributed by atoms with Gasteiger partial charge in [0.25, 0.3) is 0 Å². The number of halogens is 3. The highest BCUT2D eigenvalue weighted by Gasteiger charge is 2.42. The molecule has 0 radical (unpaired) electrons. The van der Waals surface area contributed by atoms with Crippen LogP contribution in [-0.4, -0.2) is 30.3 Å². The van der Waals surface area contributed by atoms with Gasteiger partial charge < -0.3 is 16.3 Å². The van der Waals surface area contributed by atoms with Crippen LogP contribution in [0.1, 0.15) is 20.3 Å². The lowest BCUT2D eigenvalue weighted by molar-refractivity contribution is -0.154. The minimum absolute atomic E-state index is 0.369. The van der Waals surface area contributed by atoms with Crippen molar-refractivity contribution in [2.75, 3.05) is 13.1 Å². The summed E-state index contributed by atoms with van der Waals surface area (Å²) in [5, 5.41) is 13.3. The van der Waals surface area contributed by atoms with Gasteiger partial charge in [-0.25, -0.2) is 0 Å². The van der Waals surface area contributed by atoms with Crippen molar-refractivity contribution in [2.24, 2.45) is 22.7 Å². The van der Waals surface area contributed by atoms with Crippen molar-refractivity contribution in [1.29, 1.82) is 0 Å². The Morgan fingerprint density at radius 2 is 2.00 bits per heavy atom. The van der Waals surface area contributed by atoms with Gasteiger partial charge in [-0.05, 0) is 18.9 Å². The van der Waals surface area contributed by atoms with Crippen LogP contribution in [0.4, 0.5) is 13.2 Å². The van der Waals surface area contributed by atoms with Crippen molar-refractivity contribution in [3.8, 4) is 0 Å². The van der Waals surface area contributed by atoms with Crippen molar-refractivity contribution in [2.45, 2.75) is 26.4 Å². The first-order valence-corrected chi connectivity index (χ1v) is 5.03. The first-order chi connectivity index (χ1) is 7.29. The molecule has 0 rings (SSSR count). The number of hydrogen-bond acceptors (Lipinski definition) is 3. The van der Waals surface area contributed by atoms with E-state index in [4.69, 9.17) is 10.9 Å². The lowest BCUT2D eigenvalue weighted by Gasteiger charge is -2.19. The number of nitrogens with one attached hydrogen (secondary N) is 1. The van der Waals surface area contributed by atoms with Gasteiger partial charge in [0.2, 0.25) is 0 Å². The monoisotopic (exact) mass is 241 g/mol. The van der Waals surface area contributed by atoms with Gasteiger partial charge in [-0.15, -0.1) is 0 Å². The highest BCUT2D eigenvalue weighted by atomic mass is 19.4. The van der Waals surface area contributed by atoms with Gasteiger partial charge in [-0.2, -0.15) is 13.2 Å². The van der Waals surface area contributed by atoms with Crippen LogP contribution >= 0.6 is 0 Å². The van der Waals surface area contributed by atoms with Gasteiger partial charge in [0, 0.05) is 6.54 Å². The average Bonchev–Trinajstić information content (AvgIpc) is 2.14. The van der Waals surface area contributed by atoms with Crippen molar-refractivity contribution in [3.63, 3.8) is 0 Å². The predicted octanol–water partition coefficient (Wildman–Crippen LogP) is 1.55. The molecule has 0 aromatic heterocycles. The smallest absolute Gasteiger partial charge is 0.400 e. The molecule has 0 aliphatic rings. The molecule has 0 aliphatic heterocycles. The van der Waals surface area contributed by atoms with E-state index in [0.717, 1.165) is 6.42 Å². The molecule has 0 fully saturated rings. The summed E-state index contributed by atoms with van der Waals surface area (Å²) in [5.74, 6) is -2.34. The molecule has 96 valence electrons. The third-order valence-corrected chi connectivity index (χ3v) is 2.11. The first-order valence-electron chi connectivity index (χ1n) is 5.03. The summed E-state index contributed by atoms with van der Waals surface area (Å²) >= 11 is 0. The Balaban J connectivity index is 4.15. The maximum absolute atomic E-state index is 12.4. The summed E-state index contributed by atoms with van der Waals surface area (Å²) in [6.07, 6.45) is -3.72. The summed E-state index contributed by atoms with van der Waals surface area (Å²) < 4.78 is 37.3. The van der Waals surface area contributed by atoms with E-state index in [1.54, 1.807) is 0 Å². The van der Waals surface area contributed by atoms with Crippen LogP contribution in [0.25, 0.3) is 0 Å². The molecule has 7 heteroatoms. The zero-order valence-corrected chi connectivity index (χ0v) is 9.38. The van der Waals surface area contributed by atoms with Gasteiger partial charge in [0.05, 0.1) is 0 Å². The zero-order chi connectivity index (χ0) is 12.8. The predicted molar refractivity (Wildman–Crippen MR) is 55.3 cm³/mol. The molecule has 16 heavy (non-hydrogen) atoms. The normalized spacial score (nSPS) is 15.5. The minimum Gasteiger partial charge on any atom is -0.409 e. The van der Waals surface area contributed by atoms with Crippen LogP contribution in [-0.2, 0) is 0 Å². The van der Waals surface area contributed by atoms with Crippen LogP contribution in [0.3, 0.4) is 0 Å². The molecule has 0 spiro atoms. The second kappa shape index (κ2) is 6.57. The van der Waals surface area contributed by atoms with Crippen molar-refractivity contribution in [1.82, 2.24) is 5.32 Å². The standard InChI is InChI=1S/C9H18F3N3O/c1-6(2)3-4-14-5-7(8(13)15-16)9(10,11)12/h6-7,14,16H,3-5H2,1-2H3,(H2,13,15). The fraction of sp³-hybridized carbons (Fsp3) is 0.889. The Bertz CT molecular complexity index is 229. The first kappa shape index (κ1) is 15.0. The van der Waals surface area contributed by atoms with E-state index in [2.05, 4.69) is 10.5 Å². The number of nitrogens with zero attached hydrogens (tertiary/aromatic N) is 1. The minimum atomic E-state index is -4.50. The highest BCUT2D eigenvalue weighted by molar-refractivity contribution is 5.83. The van der Waals surface area contributed by atoms with Crippen molar-refractivity contribution >= 4 is 5.84 Å². The Kier molecular flexibility index (Phi) is 6.17. The number of oxime groups is 1. The number of alkyl halides is 3. The van der Waals surface area contributed by atoms with E-state index in [0.29, 0.717) is 12.5 Å². The number of rotatable bonds is 6. The van der Waals surface area contributed by atoms with E-state index < -0.39 is 17.9 Å². The molecular weight excluding hydrogens is 223 g/mol. The van der Waals surface area contributed by atoms with Crippen molar-refractivity contribution in [3.05, 3.63) is 0 Å². The second-order valence-electron chi connectivity index (χ2n) is 4.01. The molecule has 1 atom stereocenters. The fourth-order valence-electron chi connectivity index (χ4n) is 1.09. The summed E-state index contributed by atoms with van der Waals surface area (Å²) in [4.78, 5) is 0. The molecule has 0 saturated carbocycles. The van der Waals surface area contributed by atoms with Crippen LogP contribution in [0.15, 0.2) is 5.16 Å². The average molecular weight is 241 g/mol. The van der Waals surface area contributed by atoms with Crippen LogP contribution < -0.4 is 11.1 Å². The summed E-state index contributed by atoms with van der Waals surface area (Å²) in [5.41, 5.74) is 4.99. The van der Waals surface area contributed by atoms with Crippen molar-refractivity contribution < 1.29 is 18.4 Å². The Morgan fingerprint density at radius 3 is 2.38 bits per heavy atom. The highest BCUT2D eigenvalue weighted by Crippen LogP contribution is 2.25. The number of nitrogens with two attached hydrogens (primary N) is 1. The molecule has 0 aliphatic carbocycles. The van der Waals surface area contributed by atoms with Gasteiger partial charge >= 0.3 is 6.18 Å². The second-order valence-corrected chi connectivity index (χ2v) is 4.01. The van der Waals surface area contributed by atoms with Gasteiger partial charge in [0.15, 0.2) is 5.84 Å². The van der Waals surface area contributed by atoms with Crippen LogP contribution in [0, 0.1) is 11.8 Å². The molecular formula is C9H18F3N3O. The molecule has 0 saturated heterocycles. The Hall–Kier alpha value is -0.980. The summed E-state index contributed by atoms with van der Waals surface area (Å²) in [6, 6.07) is 0. The van der Waals surface area contributed by atoms with Crippen LogP contribution in [0.5, 0.6) is 0 Å². The lowest BCUT2D eigenvalue weighted by Crippen LogP contribution is -2.43. The maximum atomic E-state index is 12.4. The lowest BCUT2D eigenvalue weighted by atomic mass is 10.1. The molecule has 4 N–H and O–H groups in total. The number of hydrogen-bond donors (Lipinski definition) is 3. The van der Waals surface area contributed by atoms with Crippen LogP contribution in [0.2, 0.25) is 0 Å². The largest absolute Gasteiger partial charge is 0.409 e. The summed E-state index contributed by atoms with van der Waals surface area (Å²) in [7, 11) is 0. The third kappa shape index (κ3) is 5.79. The van der Waals surface area contributed by atoms with E-state index >= 15 is 0 Å². The van der Waals surface area contributed by atoms with E-state index in [1.807, 2.05) is 13.8 Å². The molecule has 0 heterocycles. The quantitative estimate of drug-likeness (QED) is 0.217. The van der Waals surface area contributed by atoms with E-state index in [-0.39, 0.29) is 6.54 Å². The Labute approximate surface area is 92.7 Å². The van der Waals surface area contributed by atoms with Gasteiger partial charge in [0.1, 0.15) is 5.92 Å². The topological polar surface area (TPSA) is 70.6 Å². The summed E-state index contributed by atoms with van der Waals surface area (Å²) in [6.45, 7) is 4.06. The molecule has 4 nitrogen and oxygen atoms in total. The maximum Gasteiger partial charge on any atom is 0.400 e. The Morgan fingerprint density at radius 1 is 1.44 bits per heavy atom. The molecule has 1 unspecified atom stereocenters. The molecule has 0 aromatic carbocycles. The third-order valence-electron chi connectivity index (χ3n) is 2.11. The molecule has 0 aromatic rings. The van der Waals surface area contributed by atoms with E-state index in [1.165, 1.54) is 0 Å². The van der Waals surface area contributed by atoms with Gasteiger partial charge in [-0.1, -0.05) is 19.0 Å². The molecule has 0 amide bonds.